The van der Waals surface area contributed by atoms with E-state index in [1.54, 1.807) is 0 Å². The lowest BCUT2D eigenvalue weighted by Crippen LogP contribution is -2.32. The number of methoxy groups -OCH3 is 2. The molecule has 0 radical (unpaired) electrons. The highest BCUT2D eigenvalue weighted by Gasteiger charge is 2.60. The lowest BCUT2D eigenvalue weighted by atomic mass is 9.60. The van der Waals surface area contributed by atoms with Gasteiger partial charge < -0.3 is 9.47 Å². The minimum absolute atomic E-state index is 0.174. The number of hydrogen-bond acceptors (Lipinski definition) is 6. The number of aromatic nitrogens is 2. The summed E-state index contributed by atoms with van der Waals surface area (Å²) in [5, 5.41) is 8.05. The largest absolute Gasteiger partial charge is 0.464 e. The van der Waals surface area contributed by atoms with Gasteiger partial charge >= 0.3 is 11.9 Å². The van der Waals surface area contributed by atoms with E-state index in [1.165, 1.54) is 25.3 Å². The summed E-state index contributed by atoms with van der Waals surface area (Å²) in [4.78, 5) is 24.4. The van der Waals surface area contributed by atoms with E-state index in [4.69, 9.17) is 9.47 Å². The molecule has 4 atom stereocenters. The van der Waals surface area contributed by atoms with Crippen LogP contribution in [-0.4, -0.2) is 36.4 Å². The van der Waals surface area contributed by atoms with Crippen molar-refractivity contribution in [1.29, 1.82) is 0 Å². The molecule has 1 aromatic carbocycles. The summed E-state index contributed by atoms with van der Waals surface area (Å²) >= 11 is 0. The number of ether oxygens (including phenoxy) is 2. The van der Waals surface area contributed by atoms with E-state index in [1.807, 2.05) is 12.1 Å². The third kappa shape index (κ3) is 1.64. The van der Waals surface area contributed by atoms with Crippen LogP contribution < -0.4 is 0 Å². The van der Waals surface area contributed by atoms with Gasteiger partial charge in [0.15, 0.2) is 11.4 Å². The Kier molecular flexibility index (Phi) is 2.84. The van der Waals surface area contributed by atoms with Crippen molar-refractivity contribution in [3.05, 3.63) is 57.9 Å². The third-order valence-electron chi connectivity index (χ3n) is 6.03. The van der Waals surface area contributed by atoms with Crippen molar-refractivity contribution >= 4 is 11.9 Å². The number of nitrogens with zero attached hydrogens (tertiary/aromatic N) is 2. The molecule has 0 saturated heterocycles. The second-order valence-corrected chi connectivity index (χ2v) is 6.84. The van der Waals surface area contributed by atoms with Crippen molar-refractivity contribution in [2.45, 2.75) is 30.1 Å². The summed E-state index contributed by atoms with van der Waals surface area (Å²) in [7, 11) is 2.67. The van der Waals surface area contributed by atoms with Gasteiger partial charge in [0.2, 0.25) is 0 Å². The van der Waals surface area contributed by atoms with Crippen LogP contribution in [0, 0.1) is 0 Å². The minimum atomic E-state index is -0.503. The van der Waals surface area contributed by atoms with Crippen LogP contribution in [0.25, 0.3) is 0 Å². The minimum Gasteiger partial charge on any atom is -0.464 e. The van der Waals surface area contributed by atoms with Crippen molar-refractivity contribution in [3.63, 3.8) is 0 Å². The first-order chi connectivity index (χ1) is 12.2. The number of esters is 2. The van der Waals surface area contributed by atoms with Crippen molar-refractivity contribution in [2.75, 3.05) is 14.2 Å². The van der Waals surface area contributed by atoms with Gasteiger partial charge in [0.1, 0.15) is 0 Å². The summed E-state index contributed by atoms with van der Waals surface area (Å²) in [5.74, 6) is 0.105. The molecular formula is C19H16N2O4. The summed E-state index contributed by atoms with van der Waals surface area (Å²) in [5.41, 5.74) is 4.84. The number of hydrogen-bond donors (Lipinski definition) is 0. The molecule has 0 spiro atoms. The monoisotopic (exact) mass is 336 g/mol. The first-order valence-electron chi connectivity index (χ1n) is 8.33. The molecular weight excluding hydrogens is 320 g/mol. The van der Waals surface area contributed by atoms with Crippen molar-refractivity contribution in [1.82, 2.24) is 10.2 Å². The number of benzene rings is 1. The standard InChI is InChI=1S/C19H16N2O4/c1-24-18(22)16-14-10-7-11(15(14)17(21-20-16)19(23)25-2)13-9-6-4-3-5-8(9)12(10)13/h3-6,10-13H,7H2,1-2H3. The predicted octanol–water partition coefficient (Wildman–Crippen LogP) is 2.52. The van der Waals surface area contributed by atoms with Gasteiger partial charge in [0, 0.05) is 0 Å². The van der Waals surface area contributed by atoms with Gasteiger partial charge in [-0.05, 0) is 52.3 Å². The van der Waals surface area contributed by atoms with Crippen molar-refractivity contribution in [3.8, 4) is 0 Å². The summed E-state index contributed by atoms with van der Waals surface area (Å²) in [6, 6.07) is 8.41. The Bertz CT molecular complexity index is 865. The highest BCUT2D eigenvalue weighted by molar-refractivity contribution is 5.94. The maximum Gasteiger partial charge on any atom is 0.358 e. The fourth-order valence-corrected chi connectivity index (χ4v) is 5.21. The maximum absolute atomic E-state index is 12.2. The van der Waals surface area contributed by atoms with E-state index in [9.17, 15) is 9.59 Å². The smallest absolute Gasteiger partial charge is 0.358 e. The molecule has 1 fully saturated rings. The Balaban J connectivity index is 1.72. The first kappa shape index (κ1) is 14.6. The molecule has 1 saturated carbocycles. The van der Waals surface area contributed by atoms with E-state index in [2.05, 4.69) is 22.3 Å². The predicted molar refractivity (Wildman–Crippen MR) is 86.7 cm³/mol. The Morgan fingerprint density at radius 3 is 1.72 bits per heavy atom. The molecule has 0 aliphatic heterocycles. The molecule has 0 N–H and O–H groups in total. The zero-order valence-corrected chi connectivity index (χ0v) is 13.9. The van der Waals surface area contributed by atoms with Gasteiger partial charge in [-0.2, -0.15) is 0 Å². The van der Waals surface area contributed by atoms with Gasteiger partial charge in [-0.15, -0.1) is 10.2 Å². The Hall–Kier alpha value is -2.76. The van der Waals surface area contributed by atoms with E-state index < -0.39 is 11.9 Å². The van der Waals surface area contributed by atoms with Crippen molar-refractivity contribution in [2.24, 2.45) is 0 Å². The fourth-order valence-electron chi connectivity index (χ4n) is 5.21. The molecule has 6 nitrogen and oxygen atoms in total. The van der Waals surface area contributed by atoms with Crippen LogP contribution in [-0.2, 0) is 9.47 Å². The zero-order chi connectivity index (χ0) is 17.3. The summed E-state index contributed by atoms with van der Waals surface area (Å²) in [6.45, 7) is 0. The van der Waals surface area contributed by atoms with Crippen LogP contribution in [0.5, 0.6) is 0 Å². The van der Waals surface area contributed by atoms with Gasteiger partial charge in [0.05, 0.1) is 14.2 Å². The summed E-state index contributed by atoms with van der Waals surface area (Å²) < 4.78 is 9.78. The second kappa shape index (κ2) is 4.88. The van der Waals surface area contributed by atoms with Crippen LogP contribution in [0.2, 0.25) is 0 Å². The first-order valence-corrected chi connectivity index (χ1v) is 8.33. The van der Waals surface area contributed by atoms with Crippen LogP contribution in [0.3, 0.4) is 0 Å². The Labute approximate surface area is 144 Å². The van der Waals surface area contributed by atoms with Crippen LogP contribution in [0.1, 0.15) is 73.3 Å². The zero-order valence-electron chi connectivity index (χ0n) is 13.9. The van der Waals surface area contributed by atoms with Crippen LogP contribution in [0.15, 0.2) is 24.3 Å². The molecule has 3 aliphatic carbocycles. The molecule has 4 unspecified atom stereocenters. The molecule has 25 heavy (non-hydrogen) atoms. The maximum atomic E-state index is 12.2. The molecule has 2 aromatic rings. The molecule has 3 aliphatic rings. The molecule has 1 aromatic heterocycles. The highest BCUT2D eigenvalue weighted by atomic mass is 16.5. The highest BCUT2D eigenvalue weighted by Crippen LogP contribution is 2.72. The van der Waals surface area contributed by atoms with Gasteiger partial charge in [0.25, 0.3) is 0 Å². The number of carbonyl (C=O) groups excluding carboxylic acids is 2. The number of rotatable bonds is 2. The quantitative estimate of drug-likeness (QED) is 0.784. The molecule has 0 amide bonds. The average molecular weight is 336 g/mol. The molecule has 5 rings (SSSR count). The van der Waals surface area contributed by atoms with E-state index in [0.717, 1.165) is 17.5 Å². The van der Waals surface area contributed by atoms with Gasteiger partial charge in [-0.3, -0.25) is 0 Å². The topological polar surface area (TPSA) is 78.4 Å². The average Bonchev–Trinajstić information content (AvgIpc) is 3.17. The number of carbonyl (C=O) groups is 2. The lowest BCUT2D eigenvalue weighted by Gasteiger charge is -2.43. The van der Waals surface area contributed by atoms with E-state index >= 15 is 0 Å². The van der Waals surface area contributed by atoms with Gasteiger partial charge in [-0.25, -0.2) is 9.59 Å². The lowest BCUT2D eigenvalue weighted by molar-refractivity contribution is 0.0570. The van der Waals surface area contributed by atoms with Crippen LogP contribution >= 0.6 is 0 Å². The molecule has 126 valence electrons. The number of fused-ring (bicyclic) bond motifs is 11. The third-order valence-corrected chi connectivity index (χ3v) is 6.03. The van der Waals surface area contributed by atoms with Crippen molar-refractivity contribution < 1.29 is 19.1 Å². The van der Waals surface area contributed by atoms with Gasteiger partial charge in [-0.1, -0.05) is 24.3 Å². The SMILES string of the molecule is COC(=O)c1nnc(C(=O)OC)c2c1C1CC2C2c3ccccc3C12. The molecule has 1 heterocycles. The Morgan fingerprint density at radius 2 is 1.32 bits per heavy atom. The fraction of sp³-hybridized carbons (Fsp3) is 0.368. The molecule has 6 heteroatoms. The molecule has 2 bridgehead atoms. The second-order valence-electron chi connectivity index (χ2n) is 6.84. The van der Waals surface area contributed by atoms with E-state index in [0.29, 0.717) is 11.8 Å². The Morgan fingerprint density at radius 1 is 0.880 bits per heavy atom. The normalized spacial score (nSPS) is 27.0. The van der Waals surface area contributed by atoms with Crippen LogP contribution in [0.4, 0.5) is 0 Å². The summed E-state index contributed by atoms with van der Waals surface area (Å²) in [6.07, 6.45) is 0.903. The van der Waals surface area contributed by atoms with E-state index in [-0.39, 0.29) is 23.2 Å².